The van der Waals surface area contributed by atoms with Gasteiger partial charge in [0.25, 0.3) is 0 Å². The van der Waals surface area contributed by atoms with Crippen molar-refractivity contribution in [2.45, 2.75) is 26.3 Å². The smallest absolute Gasteiger partial charge is 0.153 e. The number of methoxy groups -OCH3 is 1. The molecule has 0 aliphatic rings. The molecule has 0 saturated carbocycles. The fourth-order valence-corrected chi connectivity index (χ4v) is 3.00. The molecule has 0 spiro atoms. The number of benzene rings is 1. The van der Waals surface area contributed by atoms with Crippen LogP contribution in [0, 0.1) is 0 Å². The first-order valence-corrected chi connectivity index (χ1v) is 8.48. The van der Waals surface area contributed by atoms with Crippen molar-refractivity contribution in [3.63, 3.8) is 0 Å². The highest BCUT2D eigenvalue weighted by Crippen LogP contribution is 2.28. The summed E-state index contributed by atoms with van der Waals surface area (Å²) >= 11 is 0. The molecule has 0 amide bonds. The van der Waals surface area contributed by atoms with Gasteiger partial charge in [0.15, 0.2) is 9.84 Å². The van der Waals surface area contributed by atoms with Crippen LogP contribution in [0.3, 0.4) is 0 Å². The second-order valence-electron chi connectivity index (χ2n) is 4.69. The summed E-state index contributed by atoms with van der Waals surface area (Å²) in [6.07, 6.45) is 0.618. The first-order valence-electron chi connectivity index (χ1n) is 6.66. The largest absolute Gasteiger partial charge is 0.497 e. The SMILES string of the molecule is CCCS(=O)(=O)CCOc1cc(OC)ccc1[C@@H](C)N. The molecule has 0 fully saturated rings. The minimum Gasteiger partial charge on any atom is -0.497 e. The molecular weight excluding hydrogens is 278 g/mol. The highest BCUT2D eigenvalue weighted by molar-refractivity contribution is 7.91. The van der Waals surface area contributed by atoms with E-state index in [4.69, 9.17) is 15.2 Å². The molecule has 0 aromatic heterocycles. The van der Waals surface area contributed by atoms with E-state index in [1.807, 2.05) is 19.9 Å². The lowest BCUT2D eigenvalue weighted by Gasteiger charge is -2.15. The van der Waals surface area contributed by atoms with Crippen molar-refractivity contribution in [3.8, 4) is 11.5 Å². The summed E-state index contributed by atoms with van der Waals surface area (Å²) < 4.78 is 34.0. The monoisotopic (exact) mass is 301 g/mol. The number of hydrogen-bond acceptors (Lipinski definition) is 5. The van der Waals surface area contributed by atoms with Crippen molar-refractivity contribution in [1.29, 1.82) is 0 Å². The molecule has 1 atom stereocenters. The molecule has 6 heteroatoms. The minimum absolute atomic E-state index is 0.0104. The average molecular weight is 301 g/mol. The Morgan fingerprint density at radius 1 is 1.30 bits per heavy atom. The van der Waals surface area contributed by atoms with Crippen LogP contribution in [-0.2, 0) is 9.84 Å². The Labute approximate surface area is 121 Å². The predicted octanol–water partition coefficient (Wildman–Crippen LogP) is 1.92. The van der Waals surface area contributed by atoms with Gasteiger partial charge in [-0.05, 0) is 19.4 Å². The Bertz CT molecular complexity index is 526. The summed E-state index contributed by atoms with van der Waals surface area (Å²) in [6.45, 7) is 3.81. The zero-order valence-corrected chi connectivity index (χ0v) is 13.1. The summed E-state index contributed by atoms with van der Waals surface area (Å²) in [7, 11) is -1.47. The Balaban J connectivity index is 2.76. The number of hydrogen-bond donors (Lipinski definition) is 1. The van der Waals surface area contributed by atoms with Crippen LogP contribution in [0.4, 0.5) is 0 Å². The zero-order valence-electron chi connectivity index (χ0n) is 12.3. The topological polar surface area (TPSA) is 78.6 Å². The molecule has 20 heavy (non-hydrogen) atoms. The normalized spacial score (nSPS) is 13.0. The van der Waals surface area contributed by atoms with E-state index in [9.17, 15) is 8.42 Å². The van der Waals surface area contributed by atoms with Gasteiger partial charge in [-0.25, -0.2) is 8.42 Å². The molecule has 0 unspecified atom stereocenters. The van der Waals surface area contributed by atoms with Crippen molar-refractivity contribution >= 4 is 9.84 Å². The van der Waals surface area contributed by atoms with Gasteiger partial charge in [-0.1, -0.05) is 13.0 Å². The van der Waals surface area contributed by atoms with Crippen LogP contribution >= 0.6 is 0 Å². The van der Waals surface area contributed by atoms with Crippen molar-refractivity contribution in [3.05, 3.63) is 23.8 Å². The molecule has 0 saturated heterocycles. The Kier molecular flexibility index (Phi) is 6.29. The fourth-order valence-electron chi connectivity index (χ4n) is 1.83. The van der Waals surface area contributed by atoms with Crippen LogP contribution in [0.1, 0.15) is 31.9 Å². The number of nitrogens with two attached hydrogens (primary N) is 1. The van der Waals surface area contributed by atoms with E-state index in [0.29, 0.717) is 17.9 Å². The van der Waals surface area contributed by atoms with E-state index in [1.54, 1.807) is 19.2 Å². The molecule has 0 aliphatic carbocycles. The standard InChI is InChI=1S/C14H23NO4S/c1-4-8-20(16,17)9-7-19-14-10-12(18-3)5-6-13(14)11(2)15/h5-6,10-11H,4,7-9,15H2,1-3H3/t11-/m1/s1. The lowest BCUT2D eigenvalue weighted by atomic mass is 10.1. The van der Waals surface area contributed by atoms with Gasteiger partial charge in [-0.3, -0.25) is 0 Å². The van der Waals surface area contributed by atoms with Gasteiger partial charge in [0.1, 0.15) is 18.1 Å². The Hall–Kier alpha value is -1.27. The molecule has 0 radical (unpaired) electrons. The van der Waals surface area contributed by atoms with Crippen molar-refractivity contribution in [2.75, 3.05) is 25.2 Å². The summed E-state index contributed by atoms with van der Waals surface area (Å²) in [5.41, 5.74) is 6.70. The van der Waals surface area contributed by atoms with Gasteiger partial charge in [-0.2, -0.15) is 0 Å². The second kappa shape index (κ2) is 7.50. The second-order valence-corrected chi connectivity index (χ2v) is 7.00. The molecule has 114 valence electrons. The molecular formula is C14H23NO4S. The van der Waals surface area contributed by atoms with Crippen molar-refractivity contribution in [1.82, 2.24) is 0 Å². The lowest BCUT2D eigenvalue weighted by Crippen LogP contribution is -2.17. The summed E-state index contributed by atoms with van der Waals surface area (Å²) in [6, 6.07) is 5.17. The van der Waals surface area contributed by atoms with Gasteiger partial charge < -0.3 is 15.2 Å². The van der Waals surface area contributed by atoms with Gasteiger partial charge in [0, 0.05) is 17.7 Å². The lowest BCUT2D eigenvalue weighted by molar-refractivity contribution is 0.331. The third-order valence-corrected chi connectivity index (χ3v) is 4.70. The fraction of sp³-hybridized carbons (Fsp3) is 0.571. The summed E-state index contributed by atoms with van der Waals surface area (Å²) in [4.78, 5) is 0. The van der Waals surface area contributed by atoms with Crippen LogP contribution in [0.5, 0.6) is 11.5 Å². The quantitative estimate of drug-likeness (QED) is 0.793. The number of ether oxygens (including phenoxy) is 2. The molecule has 2 N–H and O–H groups in total. The third-order valence-electron chi connectivity index (χ3n) is 2.88. The predicted molar refractivity (Wildman–Crippen MR) is 80.0 cm³/mol. The highest BCUT2D eigenvalue weighted by Gasteiger charge is 2.13. The van der Waals surface area contributed by atoms with Crippen molar-refractivity contribution < 1.29 is 17.9 Å². The highest BCUT2D eigenvalue weighted by atomic mass is 32.2. The minimum atomic E-state index is -3.04. The maximum absolute atomic E-state index is 11.6. The zero-order chi connectivity index (χ0) is 15.2. The van der Waals surface area contributed by atoms with E-state index in [0.717, 1.165) is 5.56 Å². The number of sulfone groups is 1. The van der Waals surface area contributed by atoms with E-state index in [2.05, 4.69) is 0 Å². The first kappa shape index (κ1) is 16.8. The molecule has 5 nitrogen and oxygen atoms in total. The number of rotatable bonds is 8. The van der Waals surface area contributed by atoms with Gasteiger partial charge in [-0.15, -0.1) is 0 Å². The molecule has 1 aromatic carbocycles. The molecule has 0 heterocycles. The van der Waals surface area contributed by atoms with Crippen LogP contribution in [0.2, 0.25) is 0 Å². The summed E-state index contributed by atoms with van der Waals surface area (Å²) in [5, 5.41) is 0. The van der Waals surface area contributed by atoms with E-state index in [-0.39, 0.29) is 24.2 Å². The molecule has 0 aliphatic heterocycles. The third kappa shape index (κ3) is 5.02. The van der Waals surface area contributed by atoms with E-state index in [1.165, 1.54) is 0 Å². The van der Waals surface area contributed by atoms with Crippen LogP contribution in [-0.4, -0.2) is 33.6 Å². The van der Waals surface area contributed by atoms with E-state index < -0.39 is 9.84 Å². The van der Waals surface area contributed by atoms with E-state index >= 15 is 0 Å². The van der Waals surface area contributed by atoms with Crippen LogP contribution in [0.25, 0.3) is 0 Å². The first-order chi connectivity index (χ1) is 9.39. The Morgan fingerprint density at radius 2 is 2.00 bits per heavy atom. The van der Waals surface area contributed by atoms with Crippen LogP contribution in [0.15, 0.2) is 18.2 Å². The van der Waals surface area contributed by atoms with Gasteiger partial charge in [0.2, 0.25) is 0 Å². The maximum atomic E-state index is 11.6. The van der Waals surface area contributed by atoms with Gasteiger partial charge >= 0.3 is 0 Å². The molecule has 0 bridgehead atoms. The van der Waals surface area contributed by atoms with Gasteiger partial charge in [0.05, 0.1) is 18.6 Å². The summed E-state index contributed by atoms with van der Waals surface area (Å²) in [5.74, 6) is 1.43. The maximum Gasteiger partial charge on any atom is 0.153 e. The van der Waals surface area contributed by atoms with Crippen molar-refractivity contribution in [2.24, 2.45) is 5.73 Å². The average Bonchev–Trinajstić information content (AvgIpc) is 2.37. The Morgan fingerprint density at radius 3 is 2.55 bits per heavy atom. The molecule has 1 aromatic rings. The van der Waals surface area contributed by atoms with Crippen LogP contribution < -0.4 is 15.2 Å². The molecule has 1 rings (SSSR count).